The fraction of sp³-hybridized carbons (Fsp3) is 0.304. The molecular formula is C23H26FN3O3. The number of benzene rings is 2. The number of nitrogens with zero attached hydrogens (tertiary/aromatic N) is 2. The van der Waals surface area contributed by atoms with Crippen LogP contribution in [0, 0.1) is 5.82 Å². The molecule has 0 aromatic heterocycles. The molecule has 1 atom stereocenters. The summed E-state index contributed by atoms with van der Waals surface area (Å²) in [5.74, 6) is -1.06. The molecule has 1 N–H and O–H groups in total. The third kappa shape index (κ3) is 4.68. The van der Waals surface area contributed by atoms with Gasteiger partial charge in [-0.2, -0.15) is 0 Å². The highest BCUT2D eigenvalue weighted by Crippen LogP contribution is 2.32. The maximum absolute atomic E-state index is 14.5. The quantitative estimate of drug-likeness (QED) is 0.709. The summed E-state index contributed by atoms with van der Waals surface area (Å²) >= 11 is 0. The van der Waals surface area contributed by atoms with E-state index in [2.05, 4.69) is 5.32 Å². The predicted octanol–water partition coefficient (Wildman–Crippen LogP) is 3.47. The largest absolute Gasteiger partial charge is 0.463 e. The first-order valence-electron chi connectivity index (χ1n) is 9.83. The van der Waals surface area contributed by atoms with Crippen molar-refractivity contribution in [2.75, 3.05) is 27.2 Å². The summed E-state index contributed by atoms with van der Waals surface area (Å²) in [6.07, 6.45) is 0. The Morgan fingerprint density at radius 1 is 1.13 bits per heavy atom. The summed E-state index contributed by atoms with van der Waals surface area (Å²) < 4.78 is 19.8. The lowest BCUT2D eigenvalue weighted by atomic mass is 9.94. The molecule has 2 amide bonds. The van der Waals surface area contributed by atoms with E-state index in [1.165, 1.54) is 11.0 Å². The molecule has 1 unspecified atom stereocenters. The molecule has 0 saturated carbocycles. The number of urea groups is 1. The number of likely N-dealkylation sites (N-methyl/N-ethyl adjacent to an activating group) is 2. The van der Waals surface area contributed by atoms with Gasteiger partial charge in [-0.05, 0) is 25.6 Å². The number of rotatable bonds is 7. The van der Waals surface area contributed by atoms with Gasteiger partial charge in [0.15, 0.2) is 0 Å². The van der Waals surface area contributed by atoms with Crippen LogP contribution in [0.4, 0.5) is 9.18 Å². The molecule has 158 valence electrons. The lowest BCUT2D eigenvalue weighted by Gasteiger charge is -2.36. The third-order valence-corrected chi connectivity index (χ3v) is 5.00. The number of nitrogens with one attached hydrogen (secondary N) is 1. The first-order chi connectivity index (χ1) is 14.4. The number of carbonyl (C=O) groups excluding carboxylic acids is 2. The molecular weight excluding hydrogens is 385 g/mol. The van der Waals surface area contributed by atoms with E-state index in [-0.39, 0.29) is 17.7 Å². The predicted molar refractivity (Wildman–Crippen MR) is 112 cm³/mol. The molecule has 7 heteroatoms. The number of carbonyl (C=O) groups is 2. The van der Waals surface area contributed by atoms with E-state index in [1.54, 1.807) is 32.2 Å². The van der Waals surface area contributed by atoms with E-state index in [0.717, 1.165) is 5.56 Å². The fourth-order valence-corrected chi connectivity index (χ4v) is 3.55. The third-order valence-electron chi connectivity index (χ3n) is 5.00. The van der Waals surface area contributed by atoms with Gasteiger partial charge in [-0.25, -0.2) is 14.0 Å². The molecule has 0 radical (unpaired) electrons. The molecule has 0 saturated heterocycles. The van der Waals surface area contributed by atoms with Gasteiger partial charge in [-0.15, -0.1) is 0 Å². The summed E-state index contributed by atoms with van der Waals surface area (Å²) in [6.45, 7) is 2.83. The Balaban J connectivity index is 2.02. The monoisotopic (exact) mass is 411 g/mol. The minimum atomic E-state index is -0.922. The highest BCUT2D eigenvalue weighted by Gasteiger charge is 2.38. The van der Waals surface area contributed by atoms with Crippen LogP contribution in [0.5, 0.6) is 0 Å². The Morgan fingerprint density at radius 2 is 1.80 bits per heavy atom. The van der Waals surface area contributed by atoms with Crippen LogP contribution in [-0.4, -0.2) is 49.0 Å². The summed E-state index contributed by atoms with van der Waals surface area (Å²) in [4.78, 5) is 28.9. The van der Waals surface area contributed by atoms with E-state index in [1.807, 2.05) is 42.3 Å². The van der Waals surface area contributed by atoms with E-state index in [0.29, 0.717) is 18.8 Å². The topological polar surface area (TPSA) is 61.9 Å². The molecule has 6 nitrogen and oxygen atoms in total. The van der Waals surface area contributed by atoms with E-state index in [9.17, 15) is 14.0 Å². The van der Waals surface area contributed by atoms with Gasteiger partial charge in [0, 0.05) is 31.4 Å². The highest BCUT2D eigenvalue weighted by molar-refractivity contribution is 5.95. The van der Waals surface area contributed by atoms with E-state index >= 15 is 0 Å². The number of hydrogen-bond donors (Lipinski definition) is 1. The fourth-order valence-electron chi connectivity index (χ4n) is 3.55. The van der Waals surface area contributed by atoms with Crippen molar-refractivity contribution in [1.29, 1.82) is 0 Å². The number of hydrogen-bond acceptors (Lipinski definition) is 4. The molecule has 0 bridgehead atoms. The van der Waals surface area contributed by atoms with Crippen molar-refractivity contribution in [1.82, 2.24) is 15.1 Å². The van der Waals surface area contributed by atoms with E-state index in [4.69, 9.17) is 4.74 Å². The zero-order chi connectivity index (χ0) is 21.7. The molecule has 2 aromatic carbocycles. The van der Waals surface area contributed by atoms with Crippen LogP contribution in [-0.2, 0) is 16.1 Å². The maximum Gasteiger partial charge on any atom is 0.338 e. The zero-order valence-corrected chi connectivity index (χ0v) is 17.4. The van der Waals surface area contributed by atoms with Crippen LogP contribution < -0.4 is 5.32 Å². The second-order valence-electron chi connectivity index (χ2n) is 7.20. The molecule has 30 heavy (non-hydrogen) atoms. The summed E-state index contributed by atoms with van der Waals surface area (Å²) in [5, 5.41) is 2.74. The van der Waals surface area contributed by atoms with Crippen molar-refractivity contribution in [3.63, 3.8) is 0 Å². The Bertz CT molecular complexity index is 946. The lowest BCUT2D eigenvalue weighted by molar-refractivity contribution is -0.139. The number of ether oxygens (including phenoxy) is 1. The number of esters is 1. The maximum atomic E-state index is 14.5. The Hall–Kier alpha value is -3.19. The van der Waals surface area contributed by atoms with Crippen molar-refractivity contribution < 1.29 is 18.7 Å². The SMILES string of the molecule is CCOC(=O)C1=C(CN(C)Cc2ccccc2)N(C)C(=O)NC1c1ccccc1F. The molecule has 0 aliphatic carbocycles. The van der Waals surface area contributed by atoms with Gasteiger partial charge in [0.2, 0.25) is 0 Å². The summed E-state index contributed by atoms with van der Waals surface area (Å²) in [5.41, 5.74) is 2.06. The van der Waals surface area contributed by atoms with Gasteiger partial charge in [0.25, 0.3) is 0 Å². The second kappa shape index (κ2) is 9.54. The van der Waals surface area contributed by atoms with Crippen molar-refractivity contribution in [2.24, 2.45) is 0 Å². The van der Waals surface area contributed by atoms with Gasteiger partial charge >= 0.3 is 12.0 Å². The first kappa shape index (κ1) is 21.5. The minimum absolute atomic E-state index is 0.178. The zero-order valence-electron chi connectivity index (χ0n) is 17.4. The summed E-state index contributed by atoms with van der Waals surface area (Å²) in [6, 6.07) is 14.7. The van der Waals surface area contributed by atoms with Crippen LogP contribution in [0.25, 0.3) is 0 Å². The Morgan fingerprint density at radius 3 is 2.47 bits per heavy atom. The molecule has 1 heterocycles. The van der Waals surface area contributed by atoms with Crippen molar-refractivity contribution in [2.45, 2.75) is 19.5 Å². The van der Waals surface area contributed by atoms with Crippen molar-refractivity contribution in [3.8, 4) is 0 Å². The van der Waals surface area contributed by atoms with Crippen LogP contribution in [0.1, 0.15) is 24.1 Å². The van der Waals surface area contributed by atoms with Crippen LogP contribution in [0.3, 0.4) is 0 Å². The second-order valence-corrected chi connectivity index (χ2v) is 7.20. The van der Waals surface area contributed by atoms with Gasteiger partial charge in [-0.3, -0.25) is 9.80 Å². The average Bonchev–Trinajstić information content (AvgIpc) is 2.72. The Kier molecular flexibility index (Phi) is 6.84. The van der Waals surface area contributed by atoms with Gasteiger partial charge in [-0.1, -0.05) is 48.5 Å². The highest BCUT2D eigenvalue weighted by atomic mass is 19.1. The van der Waals surface area contributed by atoms with Crippen LogP contribution in [0.2, 0.25) is 0 Å². The average molecular weight is 411 g/mol. The molecule has 0 fully saturated rings. The molecule has 1 aliphatic rings. The normalized spacial score (nSPS) is 16.6. The van der Waals surface area contributed by atoms with Crippen LogP contribution >= 0.6 is 0 Å². The number of halogens is 1. The molecule has 2 aromatic rings. The smallest absolute Gasteiger partial charge is 0.338 e. The van der Waals surface area contributed by atoms with Crippen molar-refractivity contribution in [3.05, 3.63) is 82.8 Å². The first-order valence-corrected chi connectivity index (χ1v) is 9.83. The molecule has 0 spiro atoms. The van der Waals surface area contributed by atoms with Gasteiger partial charge < -0.3 is 10.1 Å². The van der Waals surface area contributed by atoms with Gasteiger partial charge in [0.1, 0.15) is 5.82 Å². The Labute approximate surface area is 175 Å². The van der Waals surface area contributed by atoms with Crippen molar-refractivity contribution >= 4 is 12.0 Å². The lowest BCUT2D eigenvalue weighted by Crippen LogP contribution is -2.49. The van der Waals surface area contributed by atoms with Crippen LogP contribution in [0.15, 0.2) is 65.9 Å². The molecule has 1 aliphatic heterocycles. The number of amides is 2. The summed E-state index contributed by atoms with van der Waals surface area (Å²) in [7, 11) is 3.50. The van der Waals surface area contributed by atoms with E-state index < -0.39 is 23.9 Å². The minimum Gasteiger partial charge on any atom is -0.463 e. The standard InChI is InChI=1S/C23H26FN3O3/c1-4-30-22(28)20-19(15-26(2)14-16-10-6-5-7-11-16)27(3)23(29)25-21(20)17-12-8-9-13-18(17)24/h5-13,21H,4,14-15H2,1-3H3,(H,25,29). The van der Waals surface area contributed by atoms with Gasteiger partial charge in [0.05, 0.1) is 18.2 Å². The molecule has 3 rings (SSSR count).